The molecule has 2 rings (SSSR count). The smallest absolute Gasteiger partial charge is 0.251 e. The van der Waals surface area contributed by atoms with E-state index in [0.29, 0.717) is 24.1 Å². The van der Waals surface area contributed by atoms with E-state index < -0.39 is 0 Å². The van der Waals surface area contributed by atoms with Crippen LogP contribution in [0.15, 0.2) is 18.2 Å². The van der Waals surface area contributed by atoms with Crippen LogP contribution in [0, 0.1) is 5.92 Å². The van der Waals surface area contributed by atoms with Gasteiger partial charge in [-0.2, -0.15) is 0 Å². The third-order valence-corrected chi connectivity index (χ3v) is 3.89. The van der Waals surface area contributed by atoms with Gasteiger partial charge in [0.05, 0.1) is 5.69 Å². The number of rotatable bonds is 4. The van der Waals surface area contributed by atoms with Crippen molar-refractivity contribution in [2.24, 2.45) is 5.92 Å². The number of likely N-dealkylation sites (tertiary alicyclic amines) is 1. The van der Waals surface area contributed by atoms with E-state index in [0.717, 1.165) is 19.5 Å². The predicted octanol–water partition coefficient (Wildman–Crippen LogP) is 1.43. The maximum atomic E-state index is 12.0. The molecule has 1 heterocycles. The Kier molecular flexibility index (Phi) is 4.49. The van der Waals surface area contributed by atoms with Gasteiger partial charge in [-0.05, 0) is 50.9 Å². The van der Waals surface area contributed by atoms with Crippen molar-refractivity contribution in [3.05, 3.63) is 23.8 Å². The molecule has 5 heteroatoms. The molecule has 0 bridgehead atoms. The number of nitrogens with zero attached hydrogens (tertiary/aromatic N) is 1. The second kappa shape index (κ2) is 6.13. The molecule has 110 valence electrons. The number of hydrogen-bond acceptors (Lipinski definition) is 4. The van der Waals surface area contributed by atoms with Crippen molar-refractivity contribution < 1.29 is 9.90 Å². The van der Waals surface area contributed by atoms with Gasteiger partial charge in [0.2, 0.25) is 0 Å². The molecular formula is C15H23N3O2. The quantitative estimate of drug-likeness (QED) is 0.575. The number of nitrogens with one attached hydrogen (secondary N) is 1. The number of phenols is 1. The summed E-state index contributed by atoms with van der Waals surface area (Å²) in [7, 11) is 0. The summed E-state index contributed by atoms with van der Waals surface area (Å²) in [6.07, 6.45) is 1.12. The normalized spacial score (nSPS) is 19.4. The molecule has 1 unspecified atom stereocenters. The summed E-state index contributed by atoms with van der Waals surface area (Å²) in [5, 5.41) is 12.4. The highest BCUT2D eigenvalue weighted by molar-refractivity contribution is 5.95. The number of benzene rings is 1. The van der Waals surface area contributed by atoms with Crippen molar-refractivity contribution in [1.82, 2.24) is 10.2 Å². The molecule has 1 aromatic carbocycles. The molecule has 1 amide bonds. The first-order chi connectivity index (χ1) is 9.47. The summed E-state index contributed by atoms with van der Waals surface area (Å²) in [4.78, 5) is 14.4. The molecule has 0 spiro atoms. The van der Waals surface area contributed by atoms with Gasteiger partial charge in [-0.15, -0.1) is 0 Å². The minimum Gasteiger partial charge on any atom is -0.506 e. The van der Waals surface area contributed by atoms with Crippen LogP contribution in [0.1, 0.15) is 30.6 Å². The van der Waals surface area contributed by atoms with Crippen molar-refractivity contribution in [2.45, 2.75) is 26.3 Å². The average Bonchev–Trinajstić information content (AvgIpc) is 2.88. The second-order valence-electron chi connectivity index (χ2n) is 5.73. The summed E-state index contributed by atoms with van der Waals surface area (Å²) in [6.45, 7) is 7.19. The minimum absolute atomic E-state index is 0.0514. The Balaban J connectivity index is 1.85. The number of amides is 1. The topological polar surface area (TPSA) is 78.6 Å². The molecule has 0 radical (unpaired) electrons. The van der Waals surface area contributed by atoms with Gasteiger partial charge in [0, 0.05) is 24.7 Å². The maximum Gasteiger partial charge on any atom is 0.251 e. The Morgan fingerprint density at radius 1 is 1.55 bits per heavy atom. The van der Waals surface area contributed by atoms with Gasteiger partial charge >= 0.3 is 0 Å². The average molecular weight is 277 g/mol. The first-order valence-electron chi connectivity index (χ1n) is 7.08. The molecule has 0 saturated carbocycles. The van der Waals surface area contributed by atoms with Crippen LogP contribution in [0.4, 0.5) is 5.69 Å². The molecule has 0 aromatic heterocycles. The molecule has 4 N–H and O–H groups in total. The van der Waals surface area contributed by atoms with E-state index in [-0.39, 0.29) is 17.3 Å². The number of nitrogens with two attached hydrogens (primary N) is 1. The van der Waals surface area contributed by atoms with Crippen LogP contribution in [0.25, 0.3) is 0 Å². The number of anilines is 1. The number of nitrogen functional groups attached to an aromatic ring is 1. The lowest BCUT2D eigenvalue weighted by atomic mass is 10.1. The molecule has 0 aliphatic carbocycles. The molecule has 20 heavy (non-hydrogen) atoms. The summed E-state index contributed by atoms with van der Waals surface area (Å²) in [5.74, 6) is 0.288. The van der Waals surface area contributed by atoms with E-state index >= 15 is 0 Å². The summed E-state index contributed by atoms with van der Waals surface area (Å²) in [5.41, 5.74) is 6.24. The van der Waals surface area contributed by atoms with E-state index in [2.05, 4.69) is 24.1 Å². The van der Waals surface area contributed by atoms with E-state index in [1.165, 1.54) is 6.07 Å². The van der Waals surface area contributed by atoms with Gasteiger partial charge in [0.1, 0.15) is 5.75 Å². The molecule has 5 nitrogen and oxygen atoms in total. The molecule has 1 aliphatic rings. The summed E-state index contributed by atoms with van der Waals surface area (Å²) >= 11 is 0. The van der Waals surface area contributed by atoms with Crippen molar-refractivity contribution in [2.75, 3.05) is 25.4 Å². The van der Waals surface area contributed by atoms with E-state index in [1.807, 2.05) is 0 Å². The van der Waals surface area contributed by atoms with Crippen molar-refractivity contribution >= 4 is 11.6 Å². The van der Waals surface area contributed by atoms with Crippen LogP contribution in [0.5, 0.6) is 5.75 Å². The zero-order valence-electron chi connectivity index (χ0n) is 12.1. The Hall–Kier alpha value is -1.75. The monoisotopic (exact) mass is 277 g/mol. The number of carbonyl (C=O) groups is 1. The zero-order valence-corrected chi connectivity index (χ0v) is 12.1. The van der Waals surface area contributed by atoms with Gasteiger partial charge in [-0.3, -0.25) is 4.79 Å². The molecule has 1 atom stereocenters. The van der Waals surface area contributed by atoms with Crippen molar-refractivity contribution in [3.63, 3.8) is 0 Å². The largest absolute Gasteiger partial charge is 0.506 e. The van der Waals surface area contributed by atoms with Crippen LogP contribution in [0.3, 0.4) is 0 Å². The van der Waals surface area contributed by atoms with Crippen molar-refractivity contribution in [1.29, 1.82) is 0 Å². The lowest BCUT2D eigenvalue weighted by molar-refractivity contribution is 0.0947. The lowest BCUT2D eigenvalue weighted by Gasteiger charge is -2.20. The lowest BCUT2D eigenvalue weighted by Crippen LogP contribution is -2.32. The Morgan fingerprint density at radius 3 is 2.90 bits per heavy atom. The standard InChI is InChI=1S/C15H23N3O2/c1-10(2)18-6-5-11(9-18)8-17-15(20)12-3-4-13(16)14(19)7-12/h3-4,7,10-11,19H,5-6,8-9,16H2,1-2H3,(H,17,20). The number of phenolic OH excluding ortho intramolecular Hbond substituents is 1. The molecule has 1 fully saturated rings. The second-order valence-corrected chi connectivity index (χ2v) is 5.73. The third kappa shape index (κ3) is 3.42. The fourth-order valence-electron chi connectivity index (χ4n) is 2.52. The highest BCUT2D eigenvalue weighted by atomic mass is 16.3. The fourth-order valence-corrected chi connectivity index (χ4v) is 2.52. The van der Waals surface area contributed by atoms with Crippen molar-refractivity contribution in [3.8, 4) is 5.75 Å². The SMILES string of the molecule is CC(C)N1CCC(CNC(=O)c2ccc(N)c(O)c2)C1. The summed E-state index contributed by atoms with van der Waals surface area (Å²) < 4.78 is 0. The highest BCUT2D eigenvalue weighted by Crippen LogP contribution is 2.21. The maximum absolute atomic E-state index is 12.0. The van der Waals surface area contributed by atoms with E-state index in [1.54, 1.807) is 12.1 Å². The first kappa shape index (κ1) is 14.7. The van der Waals surface area contributed by atoms with E-state index in [9.17, 15) is 9.90 Å². The zero-order chi connectivity index (χ0) is 14.7. The van der Waals surface area contributed by atoms with Crippen LogP contribution >= 0.6 is 0 Å². The molecule has 1 saturated heterocycles. The minimum atomic E-state index is -0.164. The highest BCUT2D eigenvalue weighted by Gasteiger charge is 2.24. The predicted molar refractivity (Wildman–Crippen MR) is 79.7 cm³/mol. The fraction of sp³-hybridized carbons (Fsp3) is 0.533. The van der Waals surface area contributed by atoms with Crippen LogP contribution in [-0.4, -0.2) is 41.6 Å². The Morgan fingerprint density at radius 2 is 2.30 bits per heavy atom. The van der Waals surface area contributed by atoms with Gasteiger partial charge in [-0.25, -0.2) is 0 Å². The number of hydrogen-bond donors (Lipinski definition) is 3. The van der Waals surface area contributed by atoms with Gasteiger partial charge in [0.15, 0.2) is 0 Å². The third-order valence-electron chi connectivity index (χ3n) is 3.89. The number of aromatic hydroxyl groups is 1. The number of carbonyl (C=O) groups excluding carboxylic acids is 1. The Labute approximate surface area is 119 Å². The molecular weight excluding hydrogens is 254 g/mol. The summed E-state index contributed by atoms with van der Waals surface area (Å²) in [6, 6.07) is 5.13. The first-order valence-corrected chi connectivity index (χ1v) is 7.08. The van der Waals surface area contributed by atoms with Gasteiger partial charge in [-0.1, -0.05) is 0 Å². The Bertz CT molecular complexity index is 488. The molecule has 1 aliphatic heterocycles. The van der Waals surface area contributed by atoms with Gasteiger partial charge < -0.3 is 21.1 Å². The van der Waals surface area contributed by atoms with Crippen LogP contribution in [0.2, 0.25) is 0 Å². The van der Waals surface area contributed by atoms with Crippen LogP contribution < -0.4 is 11.1 Å². The molecule has 1 aromatic rings. The van der Waals surface area contributed by atoms with E-state index in [4.69, 9.17) is 5.73 Å². The van der Waals surface area contributed by atoms with Crippen LogP contribution in [-0.2, 0) is 0 Å². The van der Waals surface area contributed by atoms with Gasteiger partial charge in [0.25, 0.3) is 5.91 Å².